The average Bonchev–Trinajstić information content (AvgIpc) is 2.29. The first-order valence-electron chi connectivity index (χ1n) is 5.07. The highest BCUT2D eigenvalue weighted by Crippen LogP contribution is 2.49. The van der Waals surface area contributed by atoms with Crippen LogP contribution in [0.4, 0.5) is 0 Å². The van der Waals surface area contributed by atoms with Crippen molar-refractivity contribution >= 4 is 19.5 Å². The molecule has 0 atom stereocenters. The van der Waals surface area contributed by atoms with Gasteiger partial charge in [-0.15, -0.1) is 0 Å². The molecule has 0 aliphatic carbocycles. The Balaban J connectivity index is -0.000000238. The molecule has 0 amide bonds. The normalized spacial score (nSPS) is 8.53. The minimum atomic E-state index is -3.41. The first-order valence-corrected chi connectivity index (χ1v) is 6.56. The summed E-state index contributed by atoms with van der Waals surface area (Å²) >= 11 is 0. The largest absolute Gasteiger partial charge is 0.693 e. The monoisotopic (exact) mass is 292 g/mol. The van der Waals surface area contributed by atoms with Crippen LogP contribution in [0.15, 0.2) is 0 Å². The Morgan fingerprint density at radius 1 is 1.32 bits per heavy atom. The van der Waals surface area contributed by atoms with Crippen molar-refractivity contribution in [1.82, 2.24) is 0 Å². The van der Waals surface area contributed by atoms with Crippen LogP contribution in [0.5, 0.6) is 0 Å². The Hall–Kier alpha value is -1.73. The Kier molecular flexibility index (Phi) is 16.9. The van der Waals surface area contributed by atoms with E-state index in [2.05, 4.69) is 13.7 Å². The van der Waals surface area contributed by atoms with Gasteiger partial charge < -0.3 is 5.11 Å². The van der Waals surface area contributed by atoms with E-state index in [0.29, 0.717) is 0 Å². The molecule has 0 aromatic heterocycles. The molecule has 0 bridgehead atoms. The lowest BCUT2D eigenvalue weighted by Gasteiger charge is -2.00. The topological polar surface area (TPSA) is 118 Å². The fourth-order valence-corrected chi connectivity index (χ4v) is 1.26. The molecule has 0 aliphatic heterocycles. The second-order valence-electron chi connectivity index (χ2n) is 2.59. The number of aliphatic carboxylic acids is 1. The summed E-state index contributed by atoms with van der Waals surface area (Å²) in [4.78, 5) is 18.5. The zero-order chi connectivity index (χ0) is 15.9. The lowest BCUT2D eigenvalue weighted by Crippen LogP contribution is -1.90. The number of hydrogen-bond donors (Lipinski definition) is 1. The summed E-state index contributed by atoms with van der Waals surface area (Å²) in [6, 6.07) is 1.39. The van der Waals surface area contributed by atoms with Gasteiger partial charge in [-0.1, -0.05) is 0 Å². The van der Waals surface area contributed by atoms with E-state index < -0.39 is 19.5 Å². The zero-order valence-corrected chi connectivity index (χ0v) is 12.1. The molecule has 0 aromatic rings. The molecule has 19 heavy (non-hydrogen) atoms. The molecule has 108 valence electrons. The maximum atomic E-state index is 11.0. The van der Waals surface area contributed by atoms with Crippen LogP contribution in [0.1, 0.15) is 27.7 Å². The molecule has 0 saturated carbocycles. The van der Waals surface area contributed by atoms with Gasteiger partial charge in [-0.05, 0) is 13.8 Å². The SMILES string of the molecule is CC(=O)C#N.CC(=O)O.[C-]#[N+]P(=O)(OCC)OCC. The van der Waals surface area contributed by atoms with E-state index in [9.17, 15) is 9.36 Å². The highest BCUT2D eigenvalue weighted by Gasteiger charge is 2.31. The number of carboxylic acid groups (broad SMARTS) is 1. The summed E-state index contributed by atoms with van der Waals surface area (Å²) in [7, 11) is -3.41. The highest BCUT2D eigenvalue weighted by molar-refractivity contribution is 7.56. The molecule has 0 aliphatic rings. The molecule has 0 saturated heterocycles. The fraction of sp³-hybridized carbons (Fsp3) is 0.600. The third-order valence-corrected chi connectivity index (χ3v) is 2.28. The summed E-state index contributed by atoms with van der Waals surface area (Å²) in [6.45, 7) is 12.6. The average molecular weight is 292 g/mol. The Morgan fingerprint density at radius 2 is 1.58 bits per heavy atom. The second-order valence-corrected chi connectivity index (χ2v) is 4.24. The zero-order valence-electron chi connectivity index (χ0n) is 11.2. The van der Waals surface area contributed by atoms with E-state index in [4.69, 9.17) is 21.7 Å². The lowest BCUT2D eigenvalue weighted by molar-refractivity contribution is -0.134. The van der Waals surface area contributed by atoms with E-state index in [0.717, 1.165) is 6.92 Å². The van der Waals surface area contributed by atoms with E-state index in [1.165, 1.54) is 13.0 Å². The molecule has 0 heterocycles. The quantitative estimate of drug-likeness (QED) is 0.479. The number of Topliss-reactive ketones (excluding diaryl/α,β-unsaturated/α-hetero) is 1. The maximum absolute atomic E-state index is 11.0. The van der Waals surface area contributed by atoms with Crippen molar-refractivity contribution in [3.8, 4) is 6.07 Å². The van der Waals surface area contributed by atoms with Crippen molar-refractivity contribution in [1.29, 1.82) is 5.26 Å². The standard InChI is InChI=1S/C5H10NO3P.C3H3NO.C2H4O2/c1-4-8-10(7,6-3)9-5-2;1-3(5)2-4;1-2(3)4/h4-5H2,1-2H3;1H3;1H3,(H,3,4). The van der Waals surface area contributed by atoms with Crippen LogP contribution in [0.2, 0.25) is 0 Å². The van der Waals surface area contributed by atoms with Crippen LogP contribution in [0.25, 0.3) is 4.62 Å². The lowest BCUT2D eigenvalue weighted by atomic mass is 10.5. The molecule has 0 rings (SSSR count). The third-order valence-electron chi connectivity index (χ3n) is 0.864. The van der Waals surface area contributed by atoms with Gasteiger partial charge in [-0.2, -0.15) is 9.83 Å². The van der Waals surface area contributed by atoms with Crippen LogP contribution in [-0.4, -0.2) is 30.1 Å². The molecular weight excluding hydrogens is 275 g/mol. The number of hydrogen-bond acceptors (Lipinski definition) is 6. The van der Waals surface area contributed by atoms with Gasteiger partial charge in [0.15, 0.2) is 0 Å². The number of carbonyl (C=O) groups is 2. The van der Waals surface area contributed by atoms with Crippen molar-refractivity contribution in [3.05, 3.63) is 11.2 Å². The summed E-state index contributed by atoms with van der Waals surface area (Å²) in [5.74, 6) is -1.27. The Morgan fingerprint density at radius 3 is 1.68 bits per heavy atom. The predicted molar refractivity (Wildman–Crippen MR) is 67.1 cm³/mol. The number of rotatable bonds is 4. The van der Waals surface area contributed by atoms with Crippen molar-refractivity contribution in [2.75, 3.05) is 13.2 Å². The van der Waals surface area contributed by atoms with Crippen molar-refractivity contribution in [2.24, 2.45) is 0 Å². The molecule has 0 unspecified atom stereocenters. The molecule has 1 N–H and O–H groups in total. The highest BCUT2D eigenvalue weighted by atomic mass is 31.2. The van der Waals surface area contributed by atoms with E-state index >= 15 is 0 Å². The first-order chi connectivity index (χ1) is 8.68. The van der Waals surface area contributed by atoms with Crippen LogP contribution in [0, 0.1) is 17.9 Å². The van der Waals surface area contributed by atoms with Gasteiger partial charge in [-0.25, -0.2) is 20.2 Å². The summed E-state index contributed by atoms with van der Waals surface area (Å²) < 4.78 is 22.9. The van der Waals surface area contributed by atoms with Crippen LogP contribution in [0.3, 0.4) is 0 Å². The summed E-state index contributed by atoms with van der Waals surface area (Å²) in [5.41, 5.74) is 0. The Bertz CT molecular complexity index is 382. The number of nitriles is 1. The molecule has 0 fully saturated rings. The fourth-order valence-electron chi connectivity index (χ4n) is 0.421. The van der Waals surface area contributed by atoms with Crippen molar-refractivity contribution < 1.29 is 28.3 Å². The predicted octanol–water partition coefficient (Wildman–Crippen LogP) is 2.28. The van der Waals surface area contributed by atoms with Gasteiger partial charge in [0.25, 0.3) is 5.97 Å². The number of ketones is 1. The maximum Gasteiger partial charge on any atom is 0.693 e. The van der Waals surface area contributed by atoms with Crippen LogP contribution in [-0.2, 0) is 23.2 Å². The van der Waals surface area contributed by atoms with E-state index in [1.807, 2.05) is 0 Å². The third kappa shape index (κ3) is 26.1. The molecule has 8 nitrogen and oxygen atoms in total. The second kappa shape index (κ2) is 14.3. The summed E-state index contributed by atoms with van der Waals surface area (Å²) in [6.07, 6.45) is 0. The minimum Gasteiger partial charge on any atom is -0.481 e. The van der Waals surface area contributed by atoms with E-state index in [-0.39, 0.29) is 13.2 Å². The van der Waals surface area contributed by atoms with Gasteiger partial charge in [0, 0.05) is 13.8 Å². The molecule has 0 spiro atoms. The van der Waals surface area contributed by atoms with Gasteiger partial charge in [0.1, 0.15) is 6.07 Å². The van der Waals surface area contributed by atoms with E-state index in [1.54, 1.807) is 13.8 Å². The first kappa shape index (κ1) is 22.5. The number of nitrogens with zero attached hydrogens (tertiary/aromatic N) is 2. The van der Waals surface area contributed by atoms with Crippen LogP contribution < -0.4 is 0 Å². The van der Waals surface area contributed by atoms with Gasteiger partial charge in [-0.3, -0.25) is 9.59 Å². The van der Waals surface area contributed by atoms with Crippen LogP contribution >= 0.6 is 7.75 Å². The Labute approximate surface area is 112 Å². The molecular formula is C10H17N2O6P. The summed E-state index contributed by atoms with van der Waals surface area (Å²) in [5, 5.41) is 15.0. The smallest absolute Gasteiger partial charge is 0.481 e. The van der Waals surface area contributed by atoms with Gasteiger partial charge in [0.2, 0.25) is 5.78 Å². The molecule has 0 aromatic carbocycles. The molecule has 9 heteroatoms. The van der Waals surface area contributed by atoms with Crippen molar-refractivity contribution in [3.63, 3.8) is 0 Å². The van der Waals surface area contributed by atoms with Gasteiger partial charge in [0.05, 0.1) is 13.2 Å². The molecule has 0 radical (unpaired) electrons. The van der Waals surface area contributed by atoms with Crippen molar-refractivity contribution in [2.45, 2.75) is 27.7 Å². The number of carboxylic acids is 1. The van der Waals surface area contributed by atoms with Gasteiger partial charge >= 0.3 is 7.75 Å². The number of carbonyl (C=O) groups excluding carboxylic acids is 1. The minimum absolute atomic E-state index is 0.236.